The summed E-state index contributed by atoms with van der Waals surface area (Å²) < 4.78 is 28.9. The number of hydrogen-bond donors (Lipinski definition) is 1. The zero-order chi connectivity index (χ0) is 17.9. The first kappa shape index (κ1) is 18.4. The average molecular weight is 365 g/mol. The van der Waals surface area contributed by atoms with Crippen LogP contribution in [0.25, 0.3) is 0 Å². The van der Waals surface area contributed by atoms with Gasteiger partial charge in [0.2, 0.25) is 5.91 Å². The van der Waals surface area contributed by atoms with Crippen LogP contribution in [-0.2, 0) is 21.5 Å². The van der Waals surface area contributed by atoms with Crippen molar-refractivity contribution in [2.24, 2.45) is 11.8 Å². The largest absolute Gasteiger partial charge is 0.342 e. The molecule has 7 heteroatoms. The number of benzene rings is 1. The van der Waals surface area contributed by atoms with Gasteiger partial charge in [-0.3, -0.25) is 4.79 Å². The van der Waals surface area contributed by atoms with Gasteiger partial charge in [0.05, 0.1) is 0 Å². The Morgan fingerprint density at radius 2 is 1.96 bits per heavy atom. The smallest absolute Gasteiger partial charge is 0.279 e. The number of rotatable bonds is 7. The Morgan fingerprint density at radius 3 is 2.64 bits per heavy atom. The Labute approximate surface area is 150 Å². The van der Waals surface area contributed by atoms with E-state index in [4.69, 9.17) is 0 Å². The molecule has 1 atom stereocenters. The number of carbonyl (C=O) groups is 1. The van der Waals surface area contributed by atoms with E-state index in [1.54, 1.807) is 7.05 Å². The Kier molecular flexibility index (Phi) is 5.76. The lowest BCUT2D eigenvalue weighted by molar-refractivity contribution is -0.134. The Bertz CT molecular complexity index is 689. The van der Waals surface area contributed by atoms with Gasteiger partial charge in [-0.25, -0.2) is 4.72 Å². The van der Waals surface area contributed by atoms with Gasteiger partial charge in [-0.15, -0.1) is 0 Å². The number of likely N-dealkylation sites (tertiary alicyclic amines) is 1. The van der Waals surface area contributed by atoms with E-state index in [1.165, 1.54) is 4.31 Å². The zero-order valence-corrected chi connectivity index (χ0v) is 15.5. The molecule has 1 saturated heterocycles. The Morgan fingerprint density at radius 1 is 1.24 bits per heavy atom. The molecule has 0 bridgehead atoms. The summed E-state index contributed by atoms with van der Waals surface area (Å²) in [7, 11) is -1.94. The molecule has 1 aromatic rings. The maximum Gasteiger partial charge on any atom is 0.279 e. The van der Waals surface area contributed by atoms with Crippen molar-refractivity contribution in [3.05, 3.63) is 35.9 Å². The second-order valence-electron chi connectivity index (χ2n) is 7.16. The van der Waals surface area contributed by atoms with E-state index in [0.717, 1.165) is 37.8 Å². The summed E-state index contributed by atoms with van der Waals surface area (Å²) in [5.41, 5.74) is 0.953. The number of carbonyl (C=O) groups excluding carboxylic acids is 1. The lowest BCUT2D eigenvalue weighted by Crippen LogP contribution is -2.46. The van der Waals surface area contributed by atoms with Crippen LogP contribution in [0.2, 0.25) is 0 Å². The predicted molar refractivity (Wildman–Crippen MR) is 96.9 cm³/mol. The second kappa shape index (κ2) is 7.85. The van der Waals surface area contributed by atoms with E-state index in [9.17, 15) is 13.2 Å². The highest BCUT2D eigenvalue weighted by molar-refractivity contribution is 7.87. The Hall–Kier alpha value is -1.44. The fraction of sp³-hybridized carbons (Fsp3) is 0.611. The van der Waals surface area contributed by atoms with Gasteiger partial charge in [0.1, 0.15) is 0 Å². The molecule has 0 spiro atoms. The average Bonchev–Trinajstić information content (AvgIpc) is 3.46. The first-order valence-electron chi connectivity index (χ1n) is 8.99. The van der Waals surface area contributed by atoms with Crippen molar-refractivity contribution in [2.75, 3.05) is 26.7 Å². The molecule has 1 heterocycles. The van der Waals surface area contributed by atoms with Crippen LogP contribution in [0.1, 0.15) is 31.2 Å². The molecule has 0 aromatic heterocycles. The summed E-state index contributed by atoms with van der Waals surface area (Å²) in [5.74, 6) is 0.678. The molecular formula is C18H27N3O3S. The van der Waals surface area contributed by atoms with Crippen LogP contribution in [0, 0.1) is 11.8 Å². The lowest BCUT2D eigenvalue weighted by atomic mass is 9.98. The normalized spacial score (nSPS) is 21.5. The predicted octanol–water partition coefficient (Wildman–Crippen LogP) is 1.60. The lowest BCUT2D eigenvalue weighted by Gasteiger charge is -2.33. The van der Waals surface area contributed by atoms with Crippen molar-refractivity contribution in [3.8, 4) is 0 Å². The monoisotopic (exact) mass is 365 g/mol. The summed E-state index contributed by atoms with van der Waals surface area (Å²) in [4.78, 5) is 14.1. The van der Waals surface area contributed by atoms with Crippen molar-refractivity contribution >= 4 is 16.1 Å². The highest BCUT2D eigenvalue weighted by Crippen LogP contribution is 2.32. The van der Waals surface area contributed by atoms with E-state index < -0.39 is 10.2 Å². The standard InChI is InChI=1S/C18H27N3O3S/c1-20(13-15-6-3-2-4-7-15)25(23,24)19-12-16-8-5-11-21(14-16)18(22)17-9-10-17/h2-4,6-7,16-17,19H,5,8-14H2,1H3. The molecule has 1 saturated carbocycles. The fourth-order valence-electron chi connectivity index (χ4n) is 3.28. The molecule has 1 aliphatic heterocycles. The number of piperidine rings is 1. The van der Waals surface area contributed by atoms with E-state index in [0.29, 0.717) is 19.6 Å². The van der Waals surface area contributed by atoms with E-state index in [1.807, 2.05) is 35.2 Å². The van der Waals surface area contributed by atoms with Crippen molar-refractivity contribution in [3.63, 3.8) is 0 Å². The molecule has 1 amide bonds. The summed E-state index contributed by atoms with van der Waals surface area (Å²) in [6, 6.07) is 9.53. The highest BCUT2D eigenvalue weighted by atomic mass is 32.2. The van der Waals surface area contributed by atoms with Crippen molar-refractivity contribution < 1.29 is 13.2 Å². The summed E-state index contributed by atoms with van der Waals surface area (Å²) in [6.07, 6.45) is 3.93. The number of nitrogens with one attached hydrogen (secondary N) is 1. The molecule has 1 aliphatic carbocycles. The third kappa shape index (κ3) is 5.03. The molecule has 1 N–H and O–H groups in total. The summed E-state index contributed by atoms with van der Waals surface area (Å²) >= 11 is 0. The van der Waals surface area contributed by atoms with Gasteiger partial charge in [0.25, 0.3) is 10.2 Å². The quantitative estimate of drug-likeness (QED) is 0.798. The molecule has 1 unspecified atom stereocenters. The van der Waals surface area contributed by atoms with Gasteiger partial charge in [-0.2, -0.15) is 12.7 Å². The fourth-order valence-corrected chi connectivity index (χ4v) is 4.26. The van der Waals surface area contributed by atoms with Crippen LogP contribution in [0.5, 0.6) is 0 Å². The maximum atomic E-state index is 12.4. The second-order valence-corrected chi connectivity index (χ2v) is 9.02. The van der Waals surface area contributed by atoms with Gasteiger partial charge in [0.15, 0.2) is 0 Å². The first-order valence-corrected chi connectivity index (χ1v) is 10.4. The van der Waals surface area contributed by atoms with Crippen LogP contribution < -0.4 is 4.72 Å². The van der Waals surface area contributed by atoms with Gasteiger partial charge >= 0.3 is 0 Å². The molecule has 0 radical (unpaired) electrons. The van der Waals surface area contributed by atoms with Crippen LogP contribution in [0.4, 0.5) is 0 Å². The van der Waals surface area contributed by atoms with Crippen LogP contribution in [-0.4, -0.2) is 50.2 Å². The topological polar surface area (TPSA) is 69.7 Å². The molecule has 25 heavy (non-hydrogen) atoms. The number of amides is 1. The minimum atomic E-state index is -3.52. The molecule has 2 fully saturated rings. The number of hydrogen-bond acceptors (Lipinski definition) is 3. The highest BCUT2D eigenvalue weighted by Gasteiger charge is 2.35. The van der Waals surface area contributed by atoms with Gasteiger partial charge in [-0.1, -0.05) is 30.3 Å². The SMILES string of the molecule is CN(Cc1ccccc1)S(=O)(=O)NCC1CCCN(C(=O)C2CC2)C1. The van der Waals surface area contributed by atoms with Gasteiger partial charge in [-0.05, 0) is 37.2 Å². The van der Waals surface area contributed by atoms with Gasteiger partial charge in [0, 0.05) is 39.1 Å². The van der Waals surface area contributed by atoms with Gasteiger partial charge < -0.3 is 4.90 Å². The molecule has 3 rings (SSSR count). The zero-order valence-electron chi connectivity index (χ0n) is 14.7. The van der Waals surface area contributed by atoms with E-state index in [2.05, 4.69) is 4.72 Å². The summed E-state index contributed by atoms with van der Waals surface area (Å²) in [6.45, 7) is 2.20. The third-order valence-electron chi connectivity index (χ3n) is 4.97. The Balaban J connectivity index is 1.50. The van der Waals surface area contributed by atoms with Crippen LogP contribution >= 0.6 is 0 Å². The minimum absolute atomic E-state index is 0.191. The molecule has 138 valence electrons. The van der Waals surface area contributed by atoms with E-state index in [-0.39, 0.29) is 17.7 Å². The van der Waals surface area contributed by atoms with Crippen LogP contribution in [0.3, 0.4) is 0 Å². The van der Waals surface area contributed by atoms with Crippen molar-refractivity contribution in [1.82, 2.24) is 13.9 Å². The molecule has 6 nitrogen and oxygen atoms in total. The van der Waals surface area contributed by atoms with Crippen molar-refractivity contribution in [2.45, 2.75) is 32.2 Å². The number of nitrogens with zero attached hydrogens (tertiary/aromatic N) is 2. The molecular weight excluding hydrogens is 338 g/mol. The van der Waals surface area contributed by atoms with Crippen molar-refractivity contribution in [1.29, 1.82) is 0 Å². The first-order chi connectivity index (χ1) is 12.0. The van der Waals surface area contributed by atoms with Crippen LogP contribution in [0.15, 0.2) is 30.3 Å². The third-order valence-corrected chi connectivity index (χ3v) is 6.45. The molecule has 1 aromatic carbocycles. The molecule has 2 aliphatic rings. The van der Waals surface area contributed by atoms with E-state index >= 15 is 0 Å². The minimum Gasteiger partial charge on any atom is -0.342 e. The summed E-state index contributed by atoms with van der Waals surface area (Å²) in [5, 5.41) is 0. The maximum absolute atomic E-state index is 12.4.